The molecule has 2 heterocycles. The van der Waals surface area contributed by atoms with Gasteiger partial charge < -0.3 is 9.73 Å². The molecule has 6 nitrogen and oxygen atoms in total. The van der Waals surface area contributed by atoms with Crippen LogP contribution in [0.3, 0.4) is 0 Å². The fourth-order valence-electron chi connectivity index (χ4n) is 1.03. The Balaban J connectivity index is 2.03. The fraction of sp³-hybridized carbons (Fsp3) is 0.556. The third-order valence-electron chi connectivity index (χ3n) is 1.81. The Hall–Kier alpha value is -1.34. The molecule has 0 bridgehead atoms. The first kappa shape index (κ1) is 11.2. The fourth-order valence-corrected chi connectivity index (χ4v) is 1.46. The van der Waals surface area contributed by atoms with Gasteiger partial charge >= 0.3 is 0 Å². The van der Waals surface area contributed by atoms with Gasteiger partial charge in [0, 0.05) is 5.54 Å². The van der Waals surface area contributed by atoms with Crippen LogP contribution in [0.4, 0.5) is 0 Å². The zero-order valence-electron chi connectivity index (χ0n) is 9.39. The van der Waals surface area contributed by atoms with Crippen molar-refractivity contribution >= 4 is 11.5 Å². The summed E-state index contributed by atoms with van der Waals surface area (Å²) in [6, 6.07) is 0. The molecule has 0 aliphatic heterocycles. The lowest BCUT2D eigenvalue weighted by Gasteiger charge is -2.18. The summed E-state index contributed by atoms with van der Waals surface area (Å²) < 4.78 is 9.21. The molecule has 86 valence electrons. The van der Waals surface area contributed by atoms with Gasteiger partial charge in [-0.3, -0.25) is 0 Å². The largest absolute Gasteiger partial charge is 0.418 e. The summed E-state index contributed by atoms with van der Waals surface area (Å²) >= 11 is 1.24. The Kier molecular flexibility index (Phi) is 2.97. The second-order valence-electron chi connectivity index (χ2n) is 4.39. The van der Waals surface area contributed by atoms with Crippen molar-refractivity contribution in [3.8, 4) is 10.8 Å². The van der Waals surface area contributed by atoms with E-state index in [1.807, 2.05) is 0 Å². The van der Waals surface area contributed by atoms with E-state index in [9.17, 15) is 0 Å². The van der Waals surface area contributed by atoms with Gasteiger partial charge in [-0.15, -0.1) is 15.3 Å². The Labute approximate surface area is 97.3 Å². The molecule has 0 aliphatic rings. The van der Waals surface area contributed by atoms with E-state index in [0.717, 1.165) is 4.88 Å². The predicted molar refractivity (Wildman–Crippen MR) is 59.8 cm³/mol. The van der Waals surface area contributed by atoms with E-state index in [0.29, 0.717) is 18.3 Å². The van der Waals surface area contributed by atoms with Gasteiger partial charge in [-0.1, -0.05) is 4.49 Å². The SMILES string of the molecule is CC(C)(C)NCc1nnc(-c2cnns2)o1. The van der Waals surface area contributed by atoms with Crippen molar-refractivity contribution in [1.29, 1.82) is 0 Å². The second-order valence-corrected chi connectivity index (χ2v) is 5.17. The van der Waals surface area contributed by atoms with Crippen molar-refractivity contribution in [1.82, 2.24) is 25.1 Å². The highest BCUT2D eigenvalue weighted by Gasteiger charge is 2.13. The summed E-state index contributed by atoms with van der Waals surface area (Å²) in [5.41, 5.74) is 0.0284. The molecule has 0 fully saturated rings. The molecule has 2 aromatic heterocycles. The van der Waals surface area contributed by atoms with Gasteiger partial charge in [0.05, 0.1) is 12.7 Å². The maximum atomic E-state index is 5.47. The van der Waals surface area contributed by atoms with Crippen LogP contribution in [0.1, 0.15) is 26.7 Å². The molecule has 0 saturated carbocycles. The minimum Gasteiger partial charge on any atom is -0.418 e. The van der Waals surface area contributed by atoms with Gasteiger partial charge in [0.1, 0.15) is 4.88 Å². The number of nitrogens with one attached hydrogen (secondary N) is 1. The molecule has 7 heteroatoms. The van der Waals surface area contributed by atoms with Crippen molar-refractivity contribution in [2.24, 2.45) is 0 Å². The van der Waals surface area contributed by atoms with Crippen LogP contribution in [0.5, 0.6) is 0 Å². The highest BCUT2D eigenvalue weighted by Crippen LogP contribution is 2.19. The maximum absolute atomic E-state index is 5.47. The number of hydrogen-bond acceptors (Lipinski definition) is 7. The van der Waals surface area contributed by atoms with Crippen molar-refractivity contribution in [2.75, 3.05) is 0 Å². The summed E-state index contributed by atoms with van der Waals surface area (Å²) in [6.07, 6.45) is 1.61. The molecule has 1 N–H and O–H groups in total. The summed E-state index contributed by atoms with van der Waals surface area (Å²) in [7, 11) is 0. The Morgan fingerprint density at radius 3 is 2.81 bits per heavy atom. The molecule has 0 aliphatic carbocycles. The Morgan fingerprint density at radius 2 is 2.19 bits per heavy atom. The normalized spacial score (nSPS) is 11.9. The van der Waals surface area contributed by atoms with Crippen LogP contribution >= 0.6 is 11.5 Å². The van der Waals surface area contributed by atoms with E-state index in [2.05, 4.69) is 45.9 Å². The predicted octanol–water partition coefficient (Wildman–Crippen LogP) is 1.48. The standard InChI is InChI=1S/C9H13N5OS/c1-9(2,3)10-5-7-12-13-8(15-7)6-4-11-14-16-6/h4,10H,5H2,1-3H3. The van der Waals surface area contributed by atoms with Crippen LogP contribution in [-0.4, -0.2) is 25.3 Å². The molecule has 0 radical (unpaired) electrons. The van der Waals surface area contributed by atoms with Gasteiger partial charge in [-0.05, 0) is 32.3 Å². The smallest absolute Gasteiger partial charge is 0.261 e. The minimum absolute atomic E-state index is 0.0284. The average molecular weight is 239 g/mol. The minimum atomic E-state index is 0.0284. The Bertz CT molecular complexity index is 445. The molecule has 0 amide bonds. The molecule has 2 rings (SSSR count). The Morgan fingerprint density at radius 1 is 1.38 bits per heavy atom. The molecule has 0 spiro atoms. The lowest BCUT2D eigenvalue weighted by atomic mass is 10.1. The lowest BCUT2D eigenvalue weighted by molar-refractivity contribution is 0.384. The van der Waals surface area contributed by atoms with Gasteiger partial charge in [0.25, 0.3) is 5.89 Å². The quantitative estimate of drug-likeness (QED) is 0.874. The van der Waals surface area contributed by atoms with E-state index in [1.165, 1.54) is 11.5 Å². The zero-order chi connectivity index (χ0) is 11.6. The molecule has 0 saturated heterocycles. The van der Waals surface area contributed by atoms with Crippen LogP contribution in [0.15, 0.2) is 10.6 Å². The van der Waals surface area contributed by atoms with Gasteiger partial charge in [0.2, 0.25) is 5.89 Å². The molecular formula is C9H13N5OS. The summed E-state index contributed by atoms with van der Waals surface area (Å²) in [5.74, 6) is 1.04. The highest BCUT2D eigenvalue weighted by molar-refractivity contribution is 7.09. The molecular weight excluding hydrogens is 226 g/mol. The van der Waals surface area contributed by atoms with E-state index < -0.39 is 0 Å². The van der Waals surface area contributed by atoms with Gasteiger partial charge in [-0.25, -0.2) is 0 Å². The van der Waals surface area contributed by atoms with E-state index >= 15 is 0 Å². The topological polar surface area (TPSA) is 76.7 Å². The summed E-state index contributed by atoms with van der Waals surface area (Å²) in [5, 5.41) is 14.9. The first-order valence-electron chi connectivity index (χ1n) is 4.90. The van der Waals surface area contributed by atoms with Crippen LogP contribution in [-0.2, 0) is 6.54 Å². The number of aromatic nitrogens is 4. The number of nitrogens with zero attached hydrogens (tertiary/aromatic N) is 4. The third kappa shape index (κ3) is 2.83. The highest BCUT2D eigenvalue weighted by atomic mass is 32.1. The first-order chi connectivity index (χ1) is 7.54. The summed E-state index contributed by atoms with van der Waals surface area (Å²) in [4.78, 5) is 0.787. The third-order valence-corrected chi connectivity index (χ3v) is 2.46. The van der Waals surface area contributed by atoms with Gasteiger partial charge in [-0.2, -0.15) is 0 Å². The molecule has 0 aromatic carbocycles. The van der Waals surface area contributed by atoms with Crippen LogP contribution < -0.4 is 5.32 Å². The molecule has 0 unspecified atom stereocenters. The molecule has 16 heavy (non-hydrogen) atoms. The van der Waals surface area contributed by atoms with E-state index in [4.69, 9.17) is 4.42 Å². The summed E-state index contributed by atoms with van der Waals surface area (Å²) in [6.45, 7) is 6.80. The van der Waals surface area contributed by atoms with Crippen molar-refractivity contribution < 1.29 is 4.42 Å². The van der Waals surface area contributed by atoms with Crippen molar-refractivity contribution in [3.05, 3.63) is 12.1 Å². The lowest BCUT2D eigenvalue weighted by Crippen LogP contribution is -2.35. The van der Waals surface area contributed by atoms with Crippen molar-refractivity contribution in [2.45, 2.75) is 32.9 Å². The molecule has 0 atom stereocenters. The average Bonchev–Trinajstić information content (AvgIpc) is 2.84. The van der Waals surface area contributed by atoms with Crippen LogP contribution in [0.2, 0.25) is 0 Å². The van der Waals surface area contributed by atoms with E-state index in [1.54, 1.807) is 6.20 Å². The van der Waals surface area contributed by atoms with Crippen molar-refractivity contribution in [3.63, 3.8) is 0 Å². The van der Waals surface area contributed by atoms with Gasteiger partial charge in [0.15, 0.2) is 0 Å². The monoisotopic (exact) mass is 239 g/mol. The number of hydrogen-bond donors (Lipinski definition) is 1. The second kappa shape index (κ2) is 4.26. The van der Waals surface area contributed by atoms with Crippen LogP contribution in [0.25, 0.3) is 10.8 Å². The van der Waals surface area contributed by atoms with E-state index in [-0.39, 0.29) is 5.54 Å². The zero-order valence-corrected chi connectivity index (χ0v) is 10.2. The number of rotatable bonds is 3. The molecule has 2 aromatic rings. The maximum Gasteiger partial charge on any atom is 0.261 e. The van der Waals surface area contributed by atoms with Crippen LogP contribution in [0, 0.1) is 0 Å². The first-order valence-corrected chi connectivity index (χ1v) is 5.67.